The van der Waals surface area contributed by atoms with Gasteiger partial charge >= 0.3 is 0 Å². The molecule has 182 valence electrons. The molecule has 34 heavy (non-hydrogen) atoms. The lowest BCUT2D eigenvalue weighted by atomic mass is 9.86. The number of aryl methyl sites for hydroxylation is 1. The Hall–Kier alpha value is -2.78. The number of halogens is 1. The van der Waals surface area contributed by atoms with Crippen LogP contribution in [0.25, 0.3) is 0 Å². The quantitative estimate of drug-likeness (QED) is 0.695. The highest BCUT2D eigenvalue weighted by Gasteiger charge is 2.45. The Bertz CT molecular complexity index is 1260. The van der Waals surface area contributed by atoms with Gasteiger partial charge in [0.1, 0.15) is 12.4 Å². The van der Waals surface area contributed by atoms with E-state index in [4.69, 9.17) is 0 Å². The number of carbonyl (C=O) groups excluding carboxylic acids is 2. The number of rotatable bonds is 5. The number of hydrogen-bond donors (Lipinski definition) is 1. The minimum atomic E-state index is -3.68. The topological polar surface area (TPSA) is 86.8 Å². The third-order valence-corrected chi connectivity index (χ3v) is 8.59. The molecule has 0 spiro atoms. The predicted molar refractivity (Wildman–Crippen MR) is 129 cm³/mol. The van der Waals surface area contributed by atoms with E-state index < -0.39 is 27.2 Å². The van der Waals surface area contributed by atoms with Crippen molar-refractivity contribution in [3.8, 4) is 0 Å². The number of nitrogens with zero attached hydrogens (tertiary/aromatic N) is 2. The molecule has 1 saturated heterocycles. The van der Waals surface area contributed by atoms with Gasteiger partial charge in [-0.2, -0.15) is 4.31 Å². The van der Waals surface area contributed by atoms with Gasteiger partial charge in [0.15, 0.2) is 0 Å². The van der Waals surface area contributed by atoms with Gasteiger partial charge in [0, 0.05) is 24.5 Å². The van der Waals surface area contributed by atoms with E-state index in [0.717, 1.165) is 12.8 Å². The van der Waals surface area contributed by atoms with E-state index >= 15 is 0 Å². The van der Waals surface area contributed by atoms with Crippen molar-refractivity contribution < 1.29 is 22.4 Å². The van der Waals surface area contributed by atoms with Crippen LogP contribution in [0.15, 0.2) is 41.3 Å². The summed E-state index contributed by atoms with van der Waals surface area (Å²) < 4.78 is 41.4. The second-order valence-corrected chi connectivity index (χ2v) is 11.8. The number of hydrogen-bond acceptors (Lipinski definition) is 4. The maximum absolute atomic E-state index is 13.4. The van der Waals surface area contributed by atoms with Crippen LogP contribution in [-0.4, -0.2) is 44.2 Å². The Labute approximate surface area is 200 Å². The number of fused-ring (bicyclic) bond motifs is 1. The maximum Gasteiger partial charge on any atom is 0.244 e. The molecule has 4 rings (SSSR count). The first kappa shape index (κ1) is 24.3. The van der Waals surface area contributed by atoms with E-state index in [-0.39, 0.29) is 17.3 Å². The van der Waals surface area contributed by atoms with Gasteiger partial charge in [-0.15, -0.1) is 0 Å². The van der Waals surface area contributed by atoms with Crippen LogP contribution in [0.4, 0.5) is 15.8 Å². The molecule has 0 aromatic heterocycles. The van der Waals surface area contributed by atoms with Crippen molar-refractivity contribution in [2.45, 2.75) is 50.8 Å². The molecule has 2 amide bonds. The summed E-state index contributed by atoms with van der Waals surface area (Å²) in [6.45, 7) is 7.93. The van der Waals surface area contributed by atoms with Gasteiger partial charge < -0.3 is 10.2 Å². The van der Waals surface area contributed by atoms with Crippen molar-refractivity contribution in [3.63, 3.8) is 0 Å². The standard InChI is InChI=1S/C25H30FN3O4S/c1-16-6-5-11-28(14-16)34(32,33)19-8-10-22-20(13-19)25(3,4)24(31)29(22)15-23(30)27-21-9-7-18(26)12-17(21)2/h7-10,12-13,16H,5-6,11,14-15H2,1-4H3,(H,27,30). The van der Waals surface area contributed by atoms with Crippen molar-refractivity contribution in [2.75, 3.05) is 29.9 Å². The molecule has 1 N–H and O–H groups in total. The first-order valence-electron chi connectivity index (χ1n) is 11.4. The second kappa shape index (κ2) is 8.78. The van der Waals surface area contributed by atoms with E-state index in [1.165, 1.54) is 33.5 Å². The Kier molecular flexibility index (Phi) is 6.29. The summed E-state index contributed by atoms with van der Waals surface area (Å²) in [4.78, 5) is 27.5. The Morgan fingerprint density at radius 1 is 1.21 bits per heavy atom. The van der Waals surface area contributed by atoms with Crippen molar-refractivity contribution in [3.05, 3.63) is 53.3 Å². The lowest BCUT2D eigenvalue weighted by Gasteiger charge is -2.30. The molecular weight excluding hydrogens is 457 g/mol. The summed E-state index contributed by atoms with van der Waals surface area (Å²) >= 11 is 0. The molecule has 0 aliphatic carbocycles. The average Bonchev–Trinajstić information content (AvgIpc) is 2.96. The minimum absolute atomic E-state index is 0.162. The van der Waals surface area contributed by atoms with E-state index in [1.807, 2.05) is 6.92 Å². The third-order valence-electron chi connectivity index (χ3n) is 6.73. The number of sulfonamides is 1. The van der Waals surface area contributed by atoms with Crippen molar-refractivity contribution in [1.82, 2.24) is 4.31 Å². The van der Waals surface area contributed by atoms with Gasteiger partial charge in [0.05, 0.1) is 10.3 Å². The summed E-state index contributed by atoms with van der Waals surface area (Å²) in [7, 11) is -3.68. The van der Waals surface area contributed by atoms with E-state index in [1.54, 1.807) is 32.9 Å². The molecule has 0 bridgehead atoms. The van der Waals surface area contributed by atoms with E-state index in [0.29, 0.717) is 41.5 Å². The Morgan fingerprint density at radius 2 is 1.94 bits per heavy atom. The van der Waals surface area contributed by atoms with Crippen molar-refractivity contribution in [1.29, 1.82) is 0 Å². The molecule has 2 aliphatic rings. The molecule has 2 aromatic rings. The summed E-state index contributed by atoms with van der Waals surface area (Å²) in [6.07, 6.45) is 1.83. The largest absolute Gasteiger partial charge is 0.324 e. The molecule has 1 unspecified atom stereocenters. The Balaban J connectivity index is 1.60. The molecular formula is C25H30FN3O4S. The molecule has 2 heterocycles. The normalized spacial score (nSPS) is 20.3. The zero-order chi connectivity index (χ0) is 24.8. The first-order valence-corrected chi connectivity index (χ1v) is 12.9. The summed E-state index contributed by atoms with van der Waals surface area (Å²) in [5.74, 6) is -0.805. The third kappa shape index (κ3) is 4.34. The van der Waals surface area contributed by atoms with Gasteiger partial charge in [-0.3, -0.25) is 9.59 Å². The zero-order valence-corrected chi connectivity index (χ0v) is 20.7. The van der Waals surface area contributed by atoms with Crippen LogP contribution in [-0.2, 0) is 25.0 Å². The second-order valence-electron chi connectivity index (χ2n) is 9.81. The van der Waals surface area contributed by atoms with Crippen molar-refractivity contribution >= 4 is 33.2 Å². The van der Waals surface area contributed by atoms with Crippen LogP contribution in [0.3, 0.4) is 0 Å². The lowest BCUT2D eigenvalue weighted by Crippen LogP contribution is -2.40. The SMILES string of the molecule is Cc1cc(F)ccc1NC(=O)CN1C(=O)C(C)(C)c2cc(S(=O)(=O)N3CCCC(C)C3)ccc21. The van der Waals surface area contributed by atoms with Crippen LogP contribution in [0.1, 0.15) is 44.7 Å². The fraction of sp³-hybridized carbons (Fsp3) is 0.440. The van der Waals surface area contributed by atoms with Crippen LogP contribution in [0.2, 0.25) is 0 Å². The predicted octanol–water partition coefficient (Wildman–Crippen LogP) is 3.82. The van der Waals surface area contributed by atoms with Crippen molar-refractivity contribution in [2.24, 2.45) is 5.92 Å². The van der Waals surface area contributed by atoms with Gasteiger partial charge in [-0.1, -0.05) is 6.92 Å². The zero-order valence-electron chi connectivity index (χ0n) is 19.9. The summed E-state index contributed by atoms with van der Waals surface area (Å²) in [5.41, 5.74) is 1.15. The number of amides is 2. The highest BCUT2D eigenvalue weighted by molar-refractivity contribution is 7.89. The fourth-order valence-electron chi connectivity index (χ4n) is 4.74. The molecule has 9 heteroatoms. The summed E-state index contributed by atoms with van der Waals surface area (Å²) in [6, 6.07) is 8.75. The molecule has 1 atom stereocenters. The number of piperidine rings is 1. The van der Waals surface area contributed by atoms with Crippen LogP contribution >= 0.6 is 0 Å². The Morgan fingerprint density at radius 3 is 2.62 bits per heavy atom. The van der Waals surface area contributed by atoms with Crippen LogP contribution < -0.4 is 10.2 Å². The van der Waals surface area contributed by atoms with E-state index in [9.17, 15) is 22.4 Å². The molecule has 0 radical (unpaired) electrons. The molecule has 2 aliphatic heterocycles. The smallest absolute Gasteiger partial charge is 0.244 e. The molecule has 1 fully saturated rings. The monoisotopic (exact) mass is 487 g/mol. The fourth-order valence-corrected chi connectivity index (χ4v) is 6.37. The van der Waals surface area contributed by atoms with Gasteiger partial charge in [0.25, 0.3) is 0 Å². The lowest BCUT2D eigenvalue weighted by molar-refractivity contribution is -0.124. The van der Waals surface area contributed by atoms with Gasteiger partial charge in [-0.05, 0) is 87.1 Å². The maximum atomic E-state index is 13.4. The van der Waals surface area contributed by atoms with Gasteiger partial charge in [-0.25, -0.2) is 12.8 Å². The molecule has 7 nitrogen and oxygen atoms in total. The number of nitrogens with one attached hydrogen (secondary N) is 1. The highest BCUT2D eigenvalue weighted by Crippen LogP contribution is 2.43. The average molecular weight is 488 g/mol. The number of benzene rings is 2. The molecule has 0 saturated carbocycles. The number of anilines is 2. The number of carbonyl (C=O) groups is 2. The summed E-state index contributed by atoms with van der Waals surface area (Å²) in [5, 5.41) is 2.72. The van der Waals surface area contributed by atoms with E-state index in [2.05, 4.69) is 5.32 Å². The minimum Gasteiger partial charge on any atom is -0.324 e. The highest BCUT2D eigenvalue weighted by atomic mass is 32.2. The van der Waals surface area contributed by atoms with Gasteiger partial charge in [0.2, 0.25) is 21.8 Å². The molecule has 2 aromatic carbocycles. The first-order chi connectivity index (χ1) is 15.9. The van der Waals surface area contributed by atoms with Crippen LogP contribution in [0.5, 0.6) is 0 Å². The van der Waals surface area contributed by atoms with Crippen LogP contribution in [0, 0.1) is 18.7 Å².